The van der Waals surface area contributed by atoms with E-state index in [0.29, 0.717) is 11.3 Å². The number of aryl methyl sites for hydroxylation is 1. The van der Waals surface area contributed by atoms with E-state index in [9.17, 15) is 0 Å². The van der Waals surface area contributed by atoms with Gasteiger partial charge in [0.25, 0.3) is 0 Å². The fraction of sp³-hybridized carbons (Fsp3) is 0.706. The van der Waals surface area contributed by atoms with Crippen LogP contribution in [0.3, 0.4) is 0 Å². The van der Waals surface area contributed by atoms with Gasteiger partial charge in [-0.05, 0) is 43.9 Å². The van der Waals surface area contributed by atoms with Crippen molar-refractivity contribution < 1.29 is 0 Å². The molecular formula is C17H29N3. The summed E-state index contributed by atoms with van der Waals surface area (Å²) in [7, 11) is 0. The smallest absolute Gasteiger partial charge is 0.127 e. The van der Waals surface area contributed by atoms with Crippen molar-refractivity contribution in [3.05, 3.63) is 24.2 Å². The maximum Gasteiger partial charge on any atom is 0.127 e. The third kappa shape index (κ3) is 2.92. The van der Waals surface area contributed by atoms with Crippen LogP contribution in [0.2, 0.25) is 0 Å². The maximum atomic E-state index is 6.29. The molecule has 0 unspecified atom stereocenters. The van der Waals surface area contributed by atoms with Gasteiger partial charge in [0.15, 0.2) is 0 Å². The quantitative estimate of drug-likeness (QED) is 0.837. The van der Waals surface area contributed by atoms with E-state index >= 15 is 0 Å². The monoisotopic (exact) mass is 275 g/mol. The summed E-state index contributed by atoms with van der Waals surface area (Å²) in [5, 5.41) is 0. The van der Waals surface area contributed by atoms with Crippen LogP contribution in [-0.2, 0) is 6.54 Å². The molecule has 1 aliphatic rings. The van der Waals surface area contributed by atoms with Crippen molar-refractivity contribution in [3.8, 4) is 0 Å². The Labute approximate surface area is 123 Å². The lowest BCUT2D eigenvalue weighted by Gasteiger charge is -2.36. The first kappa shape index (κ1) is 15.1. The second-order valence-electron chi connectivity index (χ2n) is 7.24. The minimum Gasteiger partial charge on any atom is -0.384 e. The first-order valence-electron chi connectivity index (χ1n) is 7.78. The van der Waals surface area contributed by atoms with Gasteiger partial charge in [0.05, 0.1) is 5.69 Å². The Morgan fingerprint density at radius 2 is 1.90 bits per heavy atom. The molecule has 2 N–H and O–H groups in total. The van der Waals surface area contributed by atoms with Gasteiger partial charge in [-0.1, -0.05) is 26.8 Å². The molecule has 1 aromatic heterocycles. The van der Waals surface area contributed by atoms with Crippen LogP contribution < -0.4 is 5.73 Å². The average molecular weight is 275 g/mol. The molecule has 3 heteroatoms. The van der Waals surface area contributed by atoms with Gasteiger partial charge in [-0.25, -0.2) is 4.98 Å². The fourth-order valence-corrected chi connectivity index (χ4v) is 3.50. The van der Waals surface area contributed by atoms with Gasteiger partial charge in [0, 0.05) is 12.5 Å². The summed E-state index contributed by atoms with van der Waals surface area (Å²) in [4.78, 5) is 4.73. The Morgan fingerprint density at radius 1 is 1.30 bits per heavy atom. The number of nitrogen functional groups attached to an aromatic ring is 1. The molecule has 20 heavy (non-hydrogen) atoms. The van der Waals surface area contributed by atoms with Crippen LogP contribution in [0.4, 0.5) is 5.82 Å². The predicted octanol–water partition coefficient (Wildman–Crippen LogP) is 4.28. The first-order chi connectivity index (χ1) is 9.34. The molecule has 0 saturated heterocycles. The minimum absolute atomic E-state index is 0.425. The van der Waals surface area contributed by atoms with Gasteiger partial charge in [-0.15, -0.1) is 6.58 Å². The van der Waals surface area contributed by atoms with Gasteiger partial charge < -0.3 is 10.3 Å². The number of nitrogens with zero attached hydrogens (tertiary/aromatic N) is 2. The Balaban J connectivity index is 2.11. The molecule has 0 aliphatic heterocycles. The molecule has 3 nitrogen and oxygen atoms in total. The Hall–Kier alpha value is -1.25. The molecule has 0 aromatic carbocycles. The molecule has 1 aliphatic carbocycles. The number of hydrogen-bond donors (Lipinski definition) is 1. The zero-order chi connectivity index (χ0) is 14.9. The maximum absolute atomic E-state index is 6.29. The van der Waals surface area contributed by atoms with Crippen molar-refractivity contribution in [1.82, 2.24) is 9.55 Å². The van der Waals surface area contributed by atoms with Crippen LogP contribution >= 0.6 is 0 Å². The molecule has 0 spiro atoms. The molecule has 0 bridgehead atoms. The number of hydrogen-bond acceptors (Lipinski definition) is 2. The second kappa shape index (κ2) is 5.63. The molecule has 112 valence electrons. The highest BCUT2D eigenvalue weighted by atomic mass is 15.1. The summed E-state index contributed by atoms with van der Waals surface area (Å²) in [6.07, 6.45) is 6.90. The van der Waals surface area contributed by atoms with Crippen molar-refractivity contribution in [1.29, 1.82) is 0 Å². The lowest BCUT2D eigenvalue weighted by molar-refractivity contribution is 0.168. The molecule has 2 rings (SSSR count). The summed E-state index contributed by atoms with van der Waals surface area (Å²) >= 11 is 0. The summed E-state index contributed by atoms with van der Waals surface area (Å²) in [6.45, 7) is 13.6. The molecule has 0 radical (unpaired) electrons. The van der Waals surface area contributed by atoms with Gasteiger partial charge in [0.2, 0.25) is 0 Å². The van der Waals surface area contributed by atoms with Crippen LogP contribution in [0.5, 0.6) is 0 Å². The predicted molar refractivity (Wildman–Crippen MR) is 85.7 cm³/mol. The standard InChI is InChI=1S/C17H29N3/c1-6-11-20-12(2)19-15(16(20)18)13-7-9-14(10-8-13)17(3,4)5/h6,13-14H,1,7-11,18H2,2-5H3. The molecular weight excluding hydrogens is 246 g/mol. The van der Waals surface area contributed by atoms with Crippen molar-refractivity contribution in [2.45, 2.75) is 65.8 Å². The van der Waals surface area contributed by atoms with Crippen LogP contribution in [0.15, 0.2) is 12.7 Å². The van der Waals surface area contributed by atoms with Crippen molar-refractivity contribution in [2.24, 2.45) is 11.3 Å². The second-order valence-corrected chi connectivity index (χ2v) is 7.24. The third-order valence-electron chi connectivity index (χ3n) is 4.88. The number of aromatic nitrogens is 2. The summed E-state index contributed by atoms with van der Waals surface area (Å²) in [6, 6.07) is 0. The van der Waals surface area contributed by atoms with E-state index in [1.807, 2.05) is 13.0 Å². The van der Waals surface area contributed by atoms with Crippen molar-refractivity contribution >= 4 is 5.82 Å². The Bertz CT molecular complexity index is 471. The number of allylic oxidation sites excluding steroid dienone is 1. The van der Waals surface area contributed by atoms with E-state index in [4.69, 9.17) is 10.7 Å². The highest BCUT2D eigenvalue weighted by Crippen LogP contribution is 2.44. The zero-order valence-corrected chi connectivity index (χ0v) is 13.4. The summed E-state index contributed by atoms with van der Waals surface area (Å²) in [5.41, 5.74) is 7.84. The van der Waals surface area contributed by atoms with E-state index < -0.39 is 0 Å². The van der Waals surface area contributed by atoms with Crippen LogP contribution in [0.1, 0.15) is 63.9 Å². The van der Waals surface area contributed by atoms with E-state index in [1.165, 1.54) is 25.7 Å². The highest BCUT2D eigenvalue weighted by molar-refractivity contribution is 5.41. The zero-order valence-electron chi connectivity index (χ0n) is 13.4. The fourth-order valence-electron chi connectivity index (χ4n) is 3.50. The topological polar surface area (TPSA) is 43.8 Å². The summed E-state index contributed by atoms with van der Waals surface area (Å²) < 4.78 is 2.07. The molecule has 1 fully saturated rings. The molecule has 0 atom stereocenters. The third-order valence-corrected chi connectivity index (χ3v) is 4.88. The normalized spacial score (nSPS) is 23.8. The molecule has 0 amide bonds. The van der Waals surface area contributed by atoms with Crippen LogP contribution in [-0.4, -0.2) is 9.55 Å². The SMILES string of the molecule is C=CCn1c(C)nc(C2CCC(C(C)(C)C)CC2)c1N. The largest absolute Gasteiger partial charge is 0.384 e. The van der Waals surface area contributed by atoms with Gasteiger partial charge in [-0.2, -0.15) is 0 Å². The highest BCUT2D eigenvalue weighted by Gasteiger charge is 2.32. The minimum atomic E-state index is 0.425. The van der Waals surface area contributed by atoms with Gasteiger partial charge in [-0.3, -0.25) is 0 Å². The van der Waals surface area contributed by atoms with E-state index in [2.05, 4.69) is 31.9 Å². The first-order valence-corrected chi connectivity index (χ1v) is 7.78. The van der Waals surface area contributed by atoms with Crippen molar-refractivity contribution in [3.63, 3.8) is 0 Å². The van der Waals surface area contributed by atoms with Crippen LogP contribution in [0, 0.1) is 18.3 Å². The van der Waals surface area contributed by atoms with E-state index in [-0.39, 0.29) is 0 Å². The van der Waals surface area contributed by atoms with Gasteiger partial charge >= 0.3 is 0 Å². The number of imidazole rings is 1. The molecule has 1 aromatic rings. The average Bonchev–Trinajstić information content (AvgIpc) is 2.66. The van der Waals surface area contributed by atoms with Crippen molar-refractivity contribution in [2.75, 3.05) is 5.73 Å². The lowest BCUT2D eigenvalue weighted by Crippen LogP contribution is -2.25. The number of nitrogens with two attached hydrogens (primary N) is 1. The van der Waals surface area contributed by atoms with E-state index in [0.717, 1.165) is 29.8 Å². The van der Waals surface area contributed by atoms with E-state index in [1.54, 1.807) is 0 Å². The van der Waals surface area contributed by atoms with Gasteiger partial charge in [0.1, 0.15) is 11.6 Å². The van der Waals surface area contributed by atoms with Crippen LogP contribution in [0.25, 0.3) is 0 Å². The number of anilines is 1. The molecule has 1 saturated carbocycles. The number of rotatable bonds is 3. The Kier molecular flexibility index (Phi) is 4.26. The molecule has 1 heterocycles. The summed E-state index contributed by atoms with van der Waals surface area (Å²) in [5.74, 6) is 3.23. The Morgan fingerprint density at radius 3 is 2.40 bits per heavy atom. The lowest BCUT2D eigenvalue weighted by atomic mass is 9.69.